The number of aryl methyl sites for hydroxylation is 2. The molecule has 0 saturated carbocycles. The van der Waals surface area contributed by atoms with E-state index in [2.05, 4.69) is 20.0 Å². The molecule has 3 heterocycles. The first-order valence-corrected chi connectivity index (χ1v) is 7.43. The third-order valence-electron chi connectivity index (χ3n) is 3.78. The van der Waals surface area contributed by atoms with Gasteiger partial charge in [-0.1, -0.05) is 0 Å². The Balaban J connectivity index is 1.56. The molecule has 2 aromatic rings. The number of amides is 1. The highest BCUT2D eigenvalue weighted by Crippen LogP contribution is 2.13. The second kappa shape index (κ2) is 6.13. The first-order chi connectivity index (χ1) is 10.6. The lowest BCUT2D eigenvalue weighted by molar-refractivity contribution is -0.132. The van der Waals surface area contributed by atoms with E-state index in [0.29, 0.717) is 19.6 Å². The Kier molecular flexibility index (Phi) is 4.04. The van der Waals surface area contributed by atoms with Gasteiger partial charge in [-0.25, -0.2) is 9.97 Å². The van der Waals surface area contributed by atoms with E-state index in [1.54, 1.807) is 17.1 Å². The number of nitrogens with zero attached hydrogens (tertiary/aromatic N) is 6. The van der Waals surface area contributed by atoms with Crippen LogP contribution >= 0.6 is 0 Å². The Morgan fingerprint density at radius 1 is 1.23 bits per heavy atom. The zero-order chi connectivity index (χ0) is 15.5. The Labute approximate surface area is 129 Å². The molecular weight excluding hydrogens is 280 g/mol. The fourth-order valence-electron chi connectivity index (χ4n) is 2.60. The molecule has 116 valence electrons. The van der Waals surface area contributed by atoms with E-state index in [1.807, 2.05) is 31.0 Å². The van der Waals surface area contributed by atoms with E-state index < -0.39 is 0 Å². The second-order valence-corrected chi connectivity index (χ2v) is 5.55. The first kappa shape index (κ1) is 14.5. The summed E-state index contributed by atoms with van der Waals surface area (Å²) in [6.45, 7) is 7.16. The van der Waals surface area contributed by atoms with Crippen LogP contribution in [0, 0.1) is 13.8 Å². The van der Waals surface area contributed by atoms with Gasteiger partial charge >= 0.3 is 0 Å². The number of aromatic nitrogens is 4. The van der Waals surface area contributed by atoms with E-state index in [9.17, 15) is 4.79 Å². The highest BCUT2D eigenvalue weighted by atomic mass is 16.2. The predicted molar refractivity (Wildman–Crippen MR) is 82.5 cm³/mol. The van der Waals surface area contributed by atoms with Crippen LogP contribution in [0.5, 0.6) is 0 Å². The molecule has 3 rings (SSSR count). The molecule has 0 bridgehead atoms. The number of carbonyl (C=O) groups excluding carboxylic acids is 1. The van der Waals surface area contributed by atoms with E-state index in [1.165, 1.54) is 0 Å². The van der Waals surface area contributed by atoms with Crippen LogP contribution < -0.4 is 4.90 Å². The maximum Gasteiger partial charge on any atom is 0.244 e. The van der Waals surface area contributed by atoms with Gasteiger partial charge in [0.2, 0.25) is 5.91 Å². The van der Waals surface area contributed by atoms with Crippen LogP contribution in [0.3, 0.4) is 0 Å². The molecule has 1 fully saturated rings. The van der Waals surface area contributed by atoms with Crippen LogP contribution in [-0.2, 0) is 11.3 Å². The minimum atomic E-state index is 0.113. The Hall–Kier alpha value is -2.44. The summed E-state index contributed by atoms with van der Waals surface area (Å²) in [4.78, 5) is 24.9. The van der Waals surface area contributed by atoms with Crippen molar-refractivity contribution in [1.82, 2.24) is 24.6 Å². The van der Waals surface area contributed by atoms with Crippen LogP contribution in [-0.4, -0.2) is 56.7 Å². The highest BCUT2D eigenvalue weighted by molar-refractivity contribution is 5.76. The average Bonchev–Trinajstić information content (AvgIpc) is 2.92. The van der Waals surface area contributed by atoms with Crippen molar-refractivity contribution in [3.63, 3.8) is 0 Å². The van der Waals surface area contributed by atoms with Crippen LogP contribution in [0.2, 0.25) is 0 Å². The molecule has 2 aromatic heterocycles. The maximum atomic E-state index is 12.3. The number of rotatable bonds is 3. The lowest BCUT2D eigenvalue weighted by Crippen LogP contribution is -2.49. The highest BCUT2D eigenvalue weighted by Gasteiger charge is 2.22. The van der Waals surface area contributed by atoms with Crippen molar-refractivity contribution in [3.8, 4) is 0 Å². The van der Waals surface area contributed by atoms with Crippen molar-refractivity contribution in [1.29, 1.82) is 0 Å². The minimum absolute atomic E-state index is 0.113. The smallest absolute Gasteiger partial charge is 0.244 e. The fourth-order valence-corrected chi connectivity index (χ4v) is 2.60. The zero-order valence-corrected chi connectivity index (χ0v) is 12.9. The van der Waals surface area contributed by atoms with Gasteiger partial charge in [-0.05, 0) is 25.5 Å². The summed E-state index contributed by atoms with van der Waals surface area (Å²) < 4.78 is 1.69. The van der Waals surface area contributed by atoms with Gasteiger partial charge in [0.25, 0.3) is 0 Å². The van der Waals surface area contributed by atoms with Crippen molar-refractivity contribution in [2.24, 2.45) is 0 Å². The molecule has 0 atom stereocenters. The van der Waals surface area contributed by atoms with Gasteiger partial charge in [0.1, 0.15) is 18.2 Å². The second-order valence-electron chi connectivity index (χ2n) is 5.55. The number of carbonyl (C=O) groups is 1. The molecule has 1 aliphatic heterocycles. The average molecular weight is 300 g/mol. The summed E-state index contributed by atoms with van der Waals surface area (Å²) in [5.74, 6) is 1.81. The summed E-state index contributed by atoms with van der Waals surface area (Å²) in [6.07, 6.45) is 5.43. The maximum absolute atomic E-state index is 12.3. The summed E-state index contributed by atoms with van der Waals surface area (Å²) in [5.41, 5.74) is 1.07. The predicted octanol–water partition coefficient (Wildman–Crippen LogP) is 0.639. The van der Waals surface area contributed by atoms with Crippen molar-refractivity contribution in [3.05, 3.63) is 36.0 Å². The van der Waals surface area contributed by atoms with Gasteiger partial charge in [0, 0.05) is 38.6 Å². The van der Waals surface area contributed by atoms with Gasteiger partial charge in [0.05, 0.1) is 6.20 Å². The van der Waals surface area contributed by atoms with E-state index in [4.69, 9.17) is 0 Å². The Bertz CT molecular complexity index is 660. The first-order valence-electron chi connectivity index (χ1n) is 7.43. The third kappa shape index (κ3) is 3.24. The number of anilines is 1. The van der Waals surface area contributed by atoms with Crippen LogP contribution in [0.4, 0.5) is 5.82 Å². The largest absolute Gasteiger partial charge is 0.353 e. The third-order valence-corrected chi connectivity index (χ3v) is 3.78. The molecule has 0 unspecified atom stereocenters. The van der Waals surface area contributed by atoms with Crippen LogP contribution in [0.25, 0.3) is 0 Å². The fraction of sp³-hybridized carbons (Fsp3) is 0.467. The topological polar surface area (TPSA) is 67.2 Å². The molecule has 7 heteroatoms. The number of hydrogen-bond donors (Lipinski definition) is 0. The molecule has 0 aliphatic carbocycles. The van der Waals surface area contributed by atoms with Crippen molar-refractivity contribution >= 4 is 11.7 Å². The molecule has 0 N–H and O–H groups in total. The lowest BCUT2D eigenvalue weighted by atomic mass is 10.3. The number of piperazine rings is 1. The molecule has 0 radical (unpaired) electrons. The van der Waals surface area contributed by atoms with Crippen molar-refractivity contribution in [2.45, 2.75) is 20.4 Å². The van der Waals surface area contributed by atoms with Gasteiger partial charge in [-0.15, -0.1) is 0 Å². The summed E-state index contributed by atoms with van der Waals surface area (Å²) >= 11 is 0. The number of hydrogen-bond acceptors (Lipinski definition) is 5. The molecule has 22 heavy (non-hydrogen) atoms. The lowest BCUT2D eigenvalue weighted by Gasteiger charge is -2.35. The zero-order valence-electron chi connectivity index (χ0n) is 12.9. The normalized spacial score (nSPS) is 15.2. The van der Waals surface area contributed by atoms with Gasteiger partial charge in [-0.3, -0.25) is 9.48 Å². The molecule has 7 nitrogen and oxygen atoms in total. The Morgan fingerprint density at radius 2 is 2.00 bits per heavy atom. The van der Waals surface area contributed by atoms with E-state index in [0.717, 1.165) is 30.3 Å². The molecule has 1 saturated heterocycles. The standard InChI is InChI=1S/C15H20N6O/c1-12-9-17-21(10-12)11-15(22)20-7-5-19(6-8-20)14-3-4-16-13(2)18-14/h3-4,9-10H,5-8,11H2,1-2H3. The summed E-state index contributed by atoms with van der Waals surface area (Å²) in [5, 5.41) is 4.16. The quantitative estimate of drug-likeness (QED) is 0.832. The molecule has 1 aliphatic rings. The van der Waals surface area contributed by atoms with Crippen molar-refractivity contribution in [2.75, 3.05) is 31.1 Å². The van der Waals surface area contributed by atoms with Gasteiger partial charge < -0.3 is 9.80 Å². The Morgan fingerprint density at radius 3 is 2.64 bits per heavy atom. The van der Waals surface area contributed by atoms with Crippen LogP contribution in [0.15, 0.2) is 24.7 Å². The van der Waals surface area contributed by atoms with E-state index >= 15 is 0 Å². The summed E-state index contributed by atoms with van der Waals surface area (Å²) in [7, 11) is 0. The summed E-state index contributed by atoms with van der Waals surface area (Å²) in [6, 6.07) is 1.91. The van der Waals surface area contributed by atoms with Crippen molar-refractivity contribution < 1.29 is 4.79 Å². The van der Waals surface area contributed by atoms with Gasteiger partial charge in [0.15, 0.2) is 0 Å². The SMILES string of the molecule is Cc1cnn(CC(=O)N2CCN(c3ccnc(C)n3)CC2)c1. The molecule has 0 aromatic carbocycles. The van der Waals surface area contributed by atoms with E-state index in [-0.39, 0.29) is 5.91 Å². The monoisotopic (exact) mass is 300 g/mol. The molecular formula is C15H20N6O. The van der Waals surface area contributed by atoms with Crippen LogP contribution in [0.1, 0.15) is 11.4 Å². The molecule has 0 spiro atoms. The minimum Gasteiger partial charge on any atom is -0.353 e. The van der Waals surface area contributed by atoms with Gasteiger partial charge in [-0.2, -0.15) is 5.10 Å². The molecule has 1 amide bonds.